The highest BCUT2D eigenvalue weighted by Gasteiger charge is 2.44. The summed E-state index contributed by atoms with van der Waals surface area (Å²) in [4.78, 5) is 22.8. The Balaban J connectivity index is 1.76. The van der Waals surface area contributed by atoms with Crippen LogP contribution < -0.4 is 0 Å². The van der Waals surface area contributed by atoms with Crippen molar-refractivity contribution in [1.82, 2.24) is 0 Å². The van der Waals surface area contributed by atoms with Gasteiger partial charge >= 0.3 is 5.97 Å². The smallest absolute Gasteiger partial charge is 0.305 e. The molecule has 1 aliphatic carbocycles. The van der Waals surface area contributed by atoms with E-state index in [9.17, 15) is 14.0 Å². The minimum Gasteiger partial charge on any atom is -0.466 e. The monoisotopic (exact) mass is 384 g/mol. The number of aldehydes is 1. The molecule has 1 unspecified atom stereocenters. The maximum absolute atomic E-state index is 14.2. The largest absolute Gasteiger partial charge is 0.466 e. The summed E-state index contributed by atoms with van der Waals surface area (Å²) in [6, 6.07) is 0. The Hall–Kier alpha value is -1.27. The number of rotatable bonds is 11. The van der Waals surface area contributed by atoms with Crippen LogP contribution in [0.5, 0.6) is 0 Å². The van der Waals surface area contributed by atoms with Crippen molar-refractivity contribution in [2.24, 2.45) is 11.8 Å². The first kappa shape index (κ1) is 22.0. The zero-order valence-corrected chi connectivity index (χ0v) is 16.3. The Morgan fingerprint density at radius 3 is 2.85 bits per heavy atom. The normalized spacial score (nSPS) is 31.3. The standard InChI is InChI=1S/C21H33FO5/c1-2-12-25-20(24)10-6-4-3-5-9-16-17(15-23)18(22)14-19(16)27-21-11-7-8-13-26-21/h3,5,15-19,21H,2,4,6-14H2,1H3/t16-,17-,18+,19+,21?/m1/s1. The second kappa shape index (κ2) is 12.2. The van der Waals surface area contributed by atoms with E-state index in [4.69, 9.17) is 14.2 Å². The molecule has 0 bridgehead atoms. The summed E-state index contributed by atoms with van der Waals surface area (Å²) in [5, 5.41) is 0. The predicted molar refractivity (Wildman–Crippen MR) is 99.9 cm³/mol. The Kier molecular flexibility index (Phi) is 9.98. The summed E-state index contributed by atoms with van der Waals surface area (Å²) in [5.41, 5.74) is 0. The number of halogens is 1. The molecule has 0 radical (unpaired) electrons. The van der Waals surface area contributed by atoms with E-state index in [2.05, 4.69) is 0 Å². The zero-order valence-electron chi connectivity index (χ0n) is 16.3. The quantitative estimate of drug-likeness (QED) is 0.232. The van der Waals surface area contributed by atoms with E-state index >= 15 is 0 Å². The van der Waals surface area contributed by atoms with Gasteiger partial charge in [0.25, 0.3) is 0 Å². The van der Waals surface area contributed by atoms with Gasteiger partial charge in [-0.1, -0.05) is 19.1 Å². The van der Waals surface area contributed by atoms with Gasteiger partial charge in [-0.2, -0.15) is 0 Å². The lowest BCUT2D eigenvalue weighted by atomic mass is 9.91. The zero-order chi connectivity index (χ0) is 19.5. The molecule has 1 saturated heterocycles. The third-order valence-electron chi connectivity index (χ3n) is 5.26. The molecule has 2 fully saturated rings. The molecule has 154 valence electrons. The van der Waals surface area contributed by atoms with Crippen LogP contribution in [0.1, 0.15) is 64.7 Å². The van der Waals surface area contributed by atoms with Crippen molar-refractivity contribution < 1.29 is 28.2 Å². The van der Waals surface area contributed by atoms with Crippen molar-refractivity contribution in [2.75, 3.05) is 13.2 Å². The highest BCUT2D eigenvalue weighted by Crippen LogP contribution is 2.39. The SMILES string of the molecule is CCCOC(=O)CCCC=CC[C@@H]1[C@@H](C=O)[C@@H](F)C[C@@H]1OC1CCCCO1. The number of ether oxygens (including phenoxy) is 3. The van der Waals surface area contributed by atoms with E-state index in [-0.39, 0.29) is 30.7 Å². The molecule has 5 nitrogen and oxygen atoms in total. The fourth-order valence-electron chi connectivity index (χ4n) is 3.76. The molecular weight excluding hydrogens is 351 g/mol. The van der Waals surface area contributed by atoms with Crippen LogP contribution in [0.15, 0.2) is 12.2 Å². The van der Waals surface area contributed by atoms with Crippen LogP contribution in [0.3, 0.4) is 0 Å². The average Bonchev–Trinajstić information content (AvgIpc) is 2.97. The van der Waals surface area contributed by atoms with Gasteiger partial charge in [0.1, 0.15) is 12.5 Å². The van der Waals surface area contributed by atoms with Crippen molar-refractivity contribution in [3.63, 3.8) is 0 Å². The summed E-state index contributed by atoms with van der Waals surface area (Å²) in [7, 11) is 0. The molecule has 1 heterocycles. The van der Waals surface area contributed by atoms with Crippen LogP contribution >= 0.6 is 0 Å². The highest BCUT2D eigenvalue weighted by atomic mass is 19.1. The summed E-state index contributed by atoms with van der Waals surface area (Å²) in [6.07, 6.45) is 9.49. The molecule has 2 aliphatic rings. The number of unbranched alkanes of at least 4 members (excludes halogenated alkanes) is 1. The van der Waals surface area contributed by atoms with E-state index in [1.807, 2.05) is 19.1 Å². The molecule has 0 aromatic rings. The maximum Gasteiger partial charge on any atom is 0.305 e. The third kappa shape index (κ3) is 7.34. The predicted octanol–water partition coefficient (Wildman–Crippen LogP) is 4.14. The number of hydrogen-bond donors (Lipinski definition) is 0. The maximum atomic E-state index is 14.2. The second-order valence-electron chi connectivity index (χ2n) is 7.42. The summed E-state index contributed by atoms with van der Waals surface area (Å²) in [5.74, 6) is -0.940. The van der Waals surface area contributed by atoms with E-state index < -0.39 is 12.1 Å². The molecule has 27 heavy (non-hydrogen) atoms. The third-order valence-corrected chi connectivity index (χ3v) is 5.26. The van der Waals surface area contributed by atoms with Crippen molar-refractivity contribution in [3.05, 3.63) is 12.2 Å². The Labute approximate surface area is 161 Å². The summed E-state index contributed by atoms with van der Waals surface area (Å²) >= 11 is 0. The van der Waals surface area contributed by atoms with Crippen molar-refractivity contribution in [2.45, 2.75) is 83.3 Å². The highest BCUT2D eigenvalue weighted by molar-refractivity contribution is 5.69. The van der Waals surface area contributed by atoms with Crippen molar-refractivity contribution in [1.29, 1.82) is 0 Å². The van der Waals surface area contributed by atoms with Crippen LogP contribution in [0.4, 0.5) is 4.39 Å². The van der Waals surface area contributed by atoms with E-state index in [1.165, 1.54) is 0 Å². The number of esters is 1. The first-order valence-corrected chi connectivity index (χ1v) is 10.3. The molecule has 0 N–H and O–H groups in total. The van der Waals surface area contributed by atoms with Gasteiger partial charge < -0.3 is 19.0 Å². The number of allylic oxidation sites excluding steroid dienone is 2. The van der Waals surface area contributed by atoms with Crippen molar-refractivity contribution in [3.8, 4) is 0 Å². The lowest BCUT2D eigenvalue weighted by molar-refractivity contribution is -0.195. The number of alkyl halides is 1. The Morgan fingerprint density at radius 2 is 2.15 bits per heavy atom. The van der Waals surface area contributed by atoms with Gasteiger partial charge in [-0.3, -0.25) is 4.79 Å². The molecule has 0 amide bonds. The lowest BCUT2D eigenvalue weighted by Gasteiger charge is -2.29. The fourth-order valence-corrected chi connectivity index (χ4v) is 3.76. The number of hydrogen-bond acceptors (Lipinski definition) is 5. The molecule has 1 saturated carbocycles. The molecule has 2 rings (SSSR count). The topological polar surface area (TPSA) is 61.8 Å². The van der Waals surface area contributed by atoms with Gasteiger partial charge in [-0.15, -0.1) is 0 Å². The van der Waals surface area contributed by atoms with Crippen LogP contribution in [-0.4, -0.2) is 44.0 Å². The molecular formula is C21H33FO5. The van der Waals surface area contributed by atoms with Gasteiger partial charge in [0.15, 0.2) is 6.29 Å². The molecule has 0 aromatic heterocycles. The average molecular weight is 384 g/mol. The molecule has 1 aliphatic heterocycles. The van der Waals surface area contributed by atoms with Crippen molar-refractivity contribution >= 4 is 12.3 Å². The minimum atomic E-state index is -1.15. The van der Waals surface area contributed by atoms with E-state index in [1.54, 1.807) is 0 Å². The number of carbonyl (C=O) groups is 2. The Bertz CT molecular complexity index is 475. The summed E-state index contributed by atoms with van der Waals surface area (Å²) in [6.45, 7) is 3.11. The van der Waals surface area contributed by atoms with Gasteiger partial charge in [-0.05, 0) is 44.9 Å². The van der Waals surface area contributed by atoms with Gasteiger partial charge in [0.2, 0.25) is 0 Å². The number of carbonyl (C=O) groups excluding carboxylic acids is 2. The van der Waals surface area contributed by atoms with Crippen LogP contribution in [0.25, 0.3) is 0 Å². The van der Waals surface area contributed by atoms with Crippen LogP contribution in [-0.2, 0) is 23.8 Å². The van der Waals surface area contributed by atoms with E-state index in [0.29, 0.717) is 26.1 Å². The molecule has 5 atom stereocenters. The van der Waals surface area contributed by atoms with Gasteiger partial charge in [0.05, 0.1) is 18.6 Å². The van der Waals surface area contributed by atoms with Gasteiger partial charge in [0, 0.05) is 25.4 Å². The van der Waals surface area contributed by atoms with Crippen LogP contribution in [0.2, 0.25) is 0 Å². The molecule has 6 heteroatoms. The first-order valence-electron chi connectivity index (χ1n) is 10.3. The second-order valence-corrected chi connectivity index (χ2v) is 7.42. The fraction of sp³-hybridized carbons (Fsp3) is 0.810. The van der Waals surface area contributed by atoms with Gasteiger partial charge in [-0.25, -0.2) is 4.39 Å². The molecule has 0 spiro atoms. The Morgan fingerprint density at radius 1 is 1.30 bits per heavy atom. The minimum absolute atomic E-state index is 0.159. The molecule has 0 aromatic carbocycles. The first-order chi connectivity index (χ1) is 13.2. The lowest BCUT2D eigenvalue weighted by Crippen LogP contribution is -2.31. The summed E-state index contributed by atoms with van der Waals surface area (Å²) < 4.78 is 30.9. The van der Waals surface area contributed by atoms with Crippen LogP contribution in [0, 0.1) is 11.8 Å². The van der Waals surface area contributed by atoms with E-state index in [0.717, 1.165) is 44.8 Å².